The molecule has 40 heavy (non-hydrogen) atoms. The van der Waals surface area contributed by atoms with Gasteiger partial charge >= 0.3 is 6.09 Å². The van der Waals surface area contributed by atoms with Gasteiger partial charge in [0.15, 0.2) is 0 Å². The first-order chi connectivity index (χ1) is 19.3. The molecule has 1 aliphatic heterocycles. The largest absolute Gasteiger partial charge is 0.450 e. The Morgan fingerprint density at radius 3 is 2.25 bits per heavy atom. The Balaban J connectivity index is 1.45. The lowest BCUT2D eigenvalue weighted by Crippen LogP contribution is -2.53. The van der Waals surface area contributed by atoms with Crippen LogP contribution in [-0.2, 0) is 10.3 Å². The Kier molecular flexibility index (Phi) is 10.5. The van der Waals surface area contributed by atoms with E-state index in [2.05, 4.69) is 22.3 Å². The lowest BCUT2D eigenvalue weighted by Gasteiger charge is -2.42. The first kappa shape index (κ1) is 29.9. The summed E-state index contributed by atoms with van der Waals surface area (Å²) in [5, 5.41) is 4.19. The van der Waals surface area contributed by atoms with Gasteiger partial charge in [-0.3, -0.25) is 4.79 Å². The Morgan fingerprint density at radius 2 is 1.62 bits per heavy atom. The highest BCUT2D eigenvalue weighted by molar-refractivity contribution is 6.42. The van der Waals surface area contributed by atoms with Crippen molar-refractivity contribution in [3.63, 3.8) is 0 Å². The minimum atomic E-state index is -0.463. The van der Waals surface area contributed by atoms with E-state index < -0.39 is 5.54 Å². The van der Waals surface area contributed by atoms with Crippen molar-refractivity contribution in [2.24, 2.45) is 0 Å². The van der Waals surface area contributed by atoms with Gasteiger partial charge in [0, 0.05) is 38.2 Å². The van der Waals surface area contributed by atoms with Crippen molar-refractivity contribution in [3.8, 4) is 0 Å². The van der Waals surface area contributed by atoms with E-state index in [0.717, 1.165) is 50.0 Å². The number of likely N-dealkylation sites (N-methyl/N-ethyl adjacent to an activating group) is 1. The van der Waals surface area contributed by atoms with Gasteiger partial charge in [-0.2, -0.15) is 0 Å². The summed E-state index contributed by atoms with van der Waals surface area (Å²) in [6, 6.07) is 25.2. The number of amides is 2. The minimum Gasteiger partial charge on any atom is -0.450 e. The van der Waals surface area contributed by atoms with Crippen molar-refractivity contribution in [3.05, 3.63) is 106 Å². The molecule has 1 fully saturated rings. The molecule has 8 heteroatoms. The lowest BCUT2D eigenvalue weighted by molar-refractivity contribution is 0.0776. The van der Waals surface area contributed by atoms with Crippen LogP contribution < -0.4 is 5.32 Å². The number of hydrogen-bond acceptors (Lipinski definition) is 4. The third-order valence-electron chi connectivity index (χ3n) is 7.72. The van der Waals surface area contributed by atoms with Gasteiger partial charge in [0.05, 0.1) is 22.2 Å². The fourth-order valence-electron chi connectivity index (χ4n) is 5.45. The van der Waals surface area contributed by atoms with E-state index >= 15 is 0 Å². The van der Waals surface area contributed by atoms with Crippen LogP contribution in [0.4, 0.5) is 4.79 Å². The zero-order valence-electron chi connectivity index (χ0n) is 23.1. The molecular weight excluding hydrogens is 545 g/mol. The number of piperidine rings is 1. The molecule has 212 valence electrons. The molecule has 0 aromatic heterocycles. The highest BCUT2D eigenvalue weighted by atomic mass is 35.5. The van der Waals surface area contributed by atoms with E-state index in [1.807, 2.05) is 80.7 Å². The van der Waals surface area contributed by atoms with Crippen LogP contribution in [0.5, 0.6) is 0 Å². The molecule has 1 aliphatic rings. The number of ether oxygens (including phenoxy) is 1. The summed E-state index contributed by atoms with van der Waals surface area (Å²) >= 11 is 12.6. The van der Waals surface area contributed by atoms with Crippen molar-refractivity contribution in [2.75, 3.05) is 39.8 Å². The van der Waals surface area contributed by atoms with Gasteiger partial charge in [0.25, 0.3) is 5.91 Å². The number of carbonyl (C=O) groups excluding carboxylic acids is 2. The molecule has 3 aromatic rings. The summed E-state index contributed by atoms with van der Waals surface area (Å²) in [5.41, 5.74) is 2.36. The fraction of sp³-hybridized carbons (Fsp3) is 0.375. The fourth-order valence-corrected chi connectivity index (χ4v) is 5.75. The van der Waals surface area contributed by atoms with Crippen molar-refractivity contribution in [1.29, 1.82) is 0 Å². The number of benzene rings is 3. The van der Waals surface area contributed by atoms with Crippen molar-refractivity contribution in [1.82, 2.24) is 15.1 Å². The van der Waals surface area contributed by atoms with Crippen molar-refractivity contribution in [2.45, 2.75) is 37.6 Å². The predicted octanol–water partition coefficient (Wildman–Crippen LogP) is 6.98. The monoisotopic (exact) mass is 581 g/mol. The highest BCUT2D eigenvalue weighted by Gasteiger charge is 2.38. The normalized spacial score (nSPS) is 15.7. The van der Waals surface area contributed by atoms with E-state index in [0.29, 0.717) is 28.8 Å². The maximum Gasteiger partial charge on any atom is 0.407 e. The van der Waals surface area contributed by atoms with Crippen LogP contribution >= 0.6 is 23.2 Å². The van der Waals surface area contributed by atoms with Gasteiger partial charge in [0.1, 0.15) is 0 Å². The molecule has 4 rings (SSSR count). The Morgan fingerprint density at radius 1 is 0.975 bits per heavy atom. The Labute approximate surface area is 247 Å². The zero-order chi connectivity index (χ0) is 28.5. The summed E-state index contributed by atoms with van der Waals surface area (Å²) in [6.07, 6.45) is 2.01. The predicted molar refractivity (Wildman–Crippen MR) is 161 cm³/mol. The number of carbonyl (C=O) groups is 2. The quantitative estimate of drug-likeness (QED) is 0.280. The van der Waals surface area contributed by atoms with E-state index in [1.54, 1.807) is 4.90 Å². The van der Waals surface area contributed by atoms with Crippen LogP contribution in [0, 0.1) is 0 Å². The molecule has 1 N–H and O–H groups in total. The summed E-state index contributed by atoms with van der Waals surface area (Å²) in [7, 11) is 1.84. The van der Waals surface area contributed by atoms with Crippen LogP contribution in [0.3, 0.4) is 0 Å². The number of likely N-dealkylation sites (tertiary alicyclic amines) is 1. The van der Waals surface area contributed by atoms with E-state index in [-0.39, 0.29) is 17.9 Å². The molecule has 0 aliphatic carbocycles. The minimum absolute atomic E-state index is 0.0127. The van der Waals surface area contributed by atoms with Gasteiger partial charge in [-0.05, 0) is 68.1 Å². The Bertz CT molecular complexity index is 1260. The van der Waals surface area contributed by atoms with Gasteiger partial charge < -0.3 is 19.9 Å². The van der Waals surface area contributed by atoms with Crippen LogP contribution in [0.1, 0.15) is 53.6 Å². The Hall–Kier alpha value is -3.06. The highest BCUT2D eigenvalue weighted by Crippen LogP contribution is 2.34. The molecule has 0 bridgehead atoms. The van der Waals surface area contributed by atoms with Gasteiger partial charge in [-0.25, -0.2) is 4.79 Å². The standard InChI is InChI=1S/C32H37Cl2N3O3/c1-3-40-31(39)35-32(27-12-8-5-9-13-27)17-20-37(21-18-32)19-16-26(25-14-15-28(33)29(34)22-25)23-36(2)30(38)24-10-6-4-7-11-24/h4-15,22,26H,3,16-21,23H2,1-2H3,(H,35,39). The van der Waals surface area contributed by atoms with Crippen molar-refractivity contribution >= 4 is 35.2 Å². The summed E-state index contributed by atoms with van der Waals surface area (Å²) in [5.74, 6) is 0.0622. The smallest absolute Gasteiger partial charge is 0.407 e. The number of hydrogen-bond donors (Lipinski definition) is 1. The molecule has 1 unspecified atom stereocenters. The SMILES string of the molecule is CCOC(=O)NC1(c2ccccc2)CCN(CCC(CN(C)C(=O)c2ccccc2)c2ccc(Cl)c(Cl)c2)CC1. The van der Waals surface area contributed by atoms with Crippen molar-refractivity contribution < 1.29 is 14.3 Å². The lowest BCUT2D eigenvalue weighted by atomic mass is 9.80. The molecule has 1 heterocycles. The zero-order valence-corrected chi connectivity index (χ0v) is 24.6. The third-order valence-corrected chi connectivity index (χ3v) is 8.46. The molecular formula is C32H37Cl2N3O3. The van der Waals surface area contributed by atoms with Crippen LogP contribution in [0.25, 0.3) is 0 Å². The topological polar surface area (TPSA) is 61.9 Å². The molecule has 0 radical (unpaired) electrons. The molecule has 1 saturated heterocycles. The third kappa shape index (κ3) is 7.57. The molecule has 1 atom stereocenters. The average Bonchev–Trinajstić information content (AvgIpc) is 2.98. The second-order valence-corrected chi connectivity index (χ2v) is 11.2. The molecule has 6 nitrogen and oxygen atoms in total. The van der Waals surface area contributed by atoms with E-state index in [9.17, 15) is 9.59 Å². The van der Waals surface area contributed by atoms with Gasteiger partial charge in [-0.15, -0.1) is 0 Å². The second kappa shape index (κ2) is 14.0. The van der Waals surface area contributed by atoms with Gasteiger partial charge in [0.2, 0.25) is 0 Å². The first-order valence-electron chi connectivity index (χ1n) is 13.8. The van der Waals surface area contributed by atoms with Crippen LogP contribution in [0.15, 0.2) is 78.9 Å². The number of halogens is 2. The second-order valence-electron chi connectivity index (χ2n) is 10.3. The van der Waals surface area contributed by atoms with Crippen LogP contribution in [-0.4, -0.2) is 61.6 Å². The number of nitrogens with zero attached hydrogens (tertiary/aromatic N) is 2. The summed E-state index contributed by atoms with van der Waals surface area (Å²) < 4.78 is 5.24. The molecule has 2 amide bonds. The molecule has 0 spiro atoms. The van der Waals surface area contributed by atoms with E-state index in [4.69, 9.17) is 27.9 Å². The summed E-state index contributed by atoms with van der Waals surface area (Å²) in [4.78, 5) is 29.8. The number of nitrogens with one attached hydrogen (secondary N) is 1. The first-order valence-corrected chi connectivity index (χ1v) is 14.5. The number of alkyl carbamates (subject to hydrolysis) is 1. The van der Waals surface area contributed by atoms with Gasteiger partial charge in [-0.1, -0.05) is 77.8 Å². The maximum absolute atomic E-state index is 13.1. The molecule has 3 aromatic carbocycles. The van der Waals surface area contributed by atoms with E-state index in [1.165, 1.54) is 0 Å². The molecule has 0 saturated carbocycles. The number of rotatable bonds is 10. The van der Waals surface area contributed by atoms with Crippen LogP contribution in [0.2, 0.25) is 10.0 Å². The summed E-state index contributed by atoms with van der Waals surface area (Å²) in [6.45, 7) is 5.20. The average molecular weight is 583 g/mol. The maximum atomic E-state index is 13.1.